The van der Waals surface area contributed by atoms with E-state index in [1.165, 1.54) is 12.1 Å². The van der Waals surface area contributed by atoms with Gasteiger partial charge in [0.25, 0.3) is 11.7 Å². The molecular formula is C24H19NO5S. The summed E-state index contributed by atoms with van der Waals surface area (Å²) in [6.07, 6.45) is 1.37. The molecule has 0 saturated heterocycles. The number of ketones is 1. The lowest BCUT2D eigenvalue weighted by Crippen LogP contribution is -2.22. The van der Waals surface area contributed by atoms with Crippen molar-refractivity contribution in [2.75, 3.05) is 5.32 Å². The van der Waals surface area contributed by atoms with Gasteiger partial charge in [-0.2, -0.15) is 0 Å². The van der Waals surface area contributed by atoms with Crippen LogP contribution in [-0.2, 0) is 17.6 Å². The minimum Gasteiger partial charge on any atom is -0.506 e. The molecule has 4 N–H and O–H groups in total. The number of fused-ring (bicyclic) bond motifs is 1. The molecule has 0 atom stereocenters. The monoisotopic (exact) mass is 433 g/mol. The van der Waals surface area contributed by atoms with Gasteiger partial charge >= 0.3 is 0 Å². The first-order valence-corrected chi connectivity index (χ1v) is 10.4. The van der Waals surface area contributed by atoms with Crippen LogP contribution >= 0.6 is 11.3 Å². The molecule has 0 aliphatic heterocycles. The highest BCUT2D eigenvalue weighted by molar-refractivity contribution is 7.22. The van der Waals surface area contributed by atoms with Crippen molar-refractivity contribution < 1.29 is 24.9 Å². The van der Waals surface area contributed by atoms with Crippen LogP contribution in [0.15, 0.2) is 66.7 Å². The minimum absolute atomic E-state index is 0.0208. The predicted octanol–water partition coefficient (Wildman–Crippen LogP) is 4.62. The van der Waals surface area contributed by atoms with Crippen LogP contribution in [0.5, 0.6) is 17.2 Å². The molecule has 156 valence electrons. The second-order valence-corrected chi connectivity index (χ2v) is 8.13. The molecule has 0 unspecified atom stereocenters. The molecule has 3 aromatic carbocycles. The Bertz CT molecular complexity index is 1280. The Hall–Kier alpha value is -3.84. The number of carbonyl (C=O) groups excluding carboxylic acids is 2. The number of hydrogen-bond acceptors (Lipinski definition) is 6. The summed E-state index contributed by atoms with van der Waals surface area (Å²) in [6.45, 7) is 0. The number of rotatable bonds is 6. The summed E-state index contributed by atoms with van der Waals surface area (Å²) in [4.78, 5) is 24.9. The highest BCUT2D eigenvalue weighted by Gasteiger charge is 2.24. The second-order valence-electron chi connectivity index (χ2n) is 7.08. The molecule has 1 amide bonds. The van der Waals surface area contributed by atoms with Crippen LogP contribution in [-0.4, -0.2) is 27.0 Å². The van der Waals surface area contributed by atoms with Gasteiger partial charge in [0.2, 0.25) is 0 Å². The number of benzene rings is 3. The van der Waals surface area contributed by atoms with Crippen molar-refractivity contribution in [2.45, 2.75) is 12.8 Å². The van der Waals surface area contributed by atoms with E-state index in [0.29, 0.717) is 23.9 Å². The van der Waals surface area contributed by atoms with E-state index in [1.807, 2.05) is 12.1 Å². The van der Waals surface area contributed by atoms with Gasteiger partial charge in [-0.25, -0.2) is 0 Å². The molecule has 4 rings (SSSR count). The van der Waals surface area contributed by atoms with E-state index < -0.39 is 11.7 Å². The molecular weight excluding hydrogens is 414 g/mol. The van der Waals surface area contributed by atoms with Crippen molar-refractivity contribution in [1.29, 1.82) is 0 Å². The van der Waals surface area contributed by atoms with Crippen molar-refractivity contribution in [2.24, 2.45) is 0 Å². The zero-order valence-electron chi connectivity index (χ0n) is 16.3. The molecule has 31 heavy (non-hydrogen) atoms. The highest BCUT2D eigenvalue weighted by Crippen LogP contribution is 2.37. The summed E-state index contributed by atoms with van der Waals surface area (Å²) >= 11 is 1.09. The first-order chi connectivity index (χ1) is 14.9. The number of nitrogens with one attached hydrogen (secondary N) is 1. The first-order valence-electron chi connectivity index (χ1n) is 9.58. The summed E-state index contributed by atoms with van der Waals surface area (Å²) in [5.74, 6) is -2.06. The molecule has 1 aromatic heterocycles. The number of amides is 1. The number of phenolic OH excluding ortho intramolecular Hbond substituents is 2. The van der Waals surface area contributed by atoms with E-state index in [2.05, 4.69) is 5.32 Å². The fourth-order valence-corrected chi connectivity index (χ4v) is 4.28. The second kappa shape index (κ2) is 8.49. The lowest BCUT2D eigenvalue weighted by atomic mass is 10.0. The fraction of sp³-hybridized carbons (Fsp3) is 0.0833. The van der Waals surface area contributed by atoms with Crippen molar-refractivity contribution in [3.63, 3.8) is 0 Å². The zero-order chi connectivity index (χ0) is 22.0. The molecule has 0 fully saturated rings. The van der Waals surface area contributed by atoms with Gasteiger partial charge in [0.1, 0.15) is 10.6 Å². The van der Waals surface area contributed by atoms with Gasteiger partial charge in [-0.3, -0.25) is 9.59 Å². The number of aryl methyl sites for hydroxylation is 2. The van der Waals surface area contributed by atoms with Gasteiger partial charge in [0.15, 0.2) is 11.5 Å². The summed E-state index contributed by atoms with van der Waals surface area (Å²) in [7, 11) is 0. The Morgan fingerprint density at radius 1 is 0.806 bits per heavy atom. The molecule has 0 spiro atoms. The smallest absolute Gasteiger partial charge is 0.297 e. The normalized spacial score (nSPS) is 10.8. The summed E-state index contributed by atoms with van der Waals surface area (Å²) in [5.41, 5.74) is 2.38. The third-order valence-corrected chi connectivity index (χ3v) is 6.09. The average molecular weight is 433 g/mol. The molecule has 0 saturated carbocycles. The number of aromatic hydroxyl groups is 3. The van der Waals surface area contributed by atoms with Crippen LogP contribution < -0.4 is 5.32 Å². The Kier molecular flexibility index (Phi) is 5.60. The van der Waals surface area contributed by atoms with Gasteiger partial charge in [-0.1, -0.05) is 30.3 Å². The van der Waals surface area contributed by atoms with Crippen molar-refractivity contribution in [3.8, 4) is 17.2 Å². The lowest BCUT2D eigenvalue weighted by Gasteiger charge is -2.07. The van der Waals surface area contributed by atoms with Crippen LogP contribution in [0, 0.1) is 0 Å². The van der Waals surface area contributed by atoms with E-state index in [9.17, 15) is 24.9 Å². The number of Topliss-reactive ketones (excluding diaryl/α,β-unsaturated/α-hetero) is 1. The van der Waals surface area contributed by atoms with E-state index >= 15 is 0 Å². The minimum atomic E-state index is -0.811. The summed E-state index contributed by atoms with van der Waals surface area (Å²) in [5, 5.41) is 32.3. The molecule has 6 nitrogen and oxygen atoms in total. The largest absolute Gasteiger partial charge is 0.506 e. The Morgan fingerprint density at radius 3 is 2.19 bits per heavy atom. The number of hydrogen-bond donors (Lipinski definition) is 4. The molecule has 4 aromatic rings. The van der Waals surface area contributed by atoms with Crippen molar-refractivity contribution in [3.05, 3.63) is 82.7 Å². The van der Waals surface area contributed by atoms with Crippen LogP contribution in [0.4, 0.5) is 5.69 Å². The van der Waals surface area contributed by atoms with Gasteiger partial charge < -0.3 is 20.6 Å². The molecule has 0 bridgehead atoms. The lowest BCUT2D eigenvalue weighted by molar-refractivity contribution is -0.112. The molecule has 1 heterocycles. The van der Waals surface area contributed by atoms with Gasteiger partial charge in [0.05, 0.1) is 0 Å². The van der Waals surface area contributed by atoms with Gasteiger partial charge in [0, 0.05) is 15.8 Å². The van der Waals surface area contributed by atoms with Gasteiger partial charge in [-0.15, -0.1) is 11.3 Å². The Balaban J connectivity index is 1.39. The number of carbonyl (C=O) groups is 2. The third-order valence-electron chi connectivity index (χ3n) is 4.94. The van der Waals surface area contributed by atoms with Crippen LogP contribution in [0.1, 0.15) is 20.8 Å². The molecule has 0 aliphatic rings. The maximum Gasteiger partial charge on any atom is 0.297 e. The molecule has 0 aliphatic carbocycles. The predicted molar refractivity (Wildman–Crippen MR) is 120 cm³/mol. The van der Waals surface area contributed by atoms with Gasteiger partial charge in [-0.05, 0) is 60.4 Å². The molecule has 7 heteroatoms. The zero-order valence-corrected chi connectivity index (χ0v) is 17.1. The number of anilines is 1. The fourth-order valence-electron chi connectivity index (χ4n) is 3.24. The average Bonchev–Trinajstić information content (AvgIpc) is 3.11. The van der Waals surface area contributed by atoms with E-state index in [1.54, 1.807) is 42.5 Å². The number of thiophene rings is 1. The maximum atomic E-state index is 12.5. The Labute approximate surface area is 182 Å². The maximum absolute atomic E-state index is 12.5. The topological polar surface area (TPSA) is 107 Å². The SMILES string of the molecule is O=C(Nc1ccc(CCc2ccc(O)c(O)c2)cc1)C(=O)c1sc2ccccc2c1O. The summed E-state index contributed by atoms with van der Waals surface area (Å²) < 4.78 is 0.738. The van der Waals surface area contributed by atoms with E-state index in [4.69, 9.17) is 0 Å². The molecule has 0 radical (unpaired) electrons. The van der Waals surface area contributed by atoms with Crippen LogP contribution in [0.2, 0.25) is 0 Å². The Morgan fingerprint density at radius 2 is 1.48 bits per heavy atom. The first kappa shape index (κ1) is 20.4. The van der Waals surface area contributed by atoms with Crippen LogP contribution in [0.3, 0.4) is 0 Å². The highest BCUT2D eigenvalue weighted by atomic mass is 32.1. The third kappa shape index (κ3) is 4.36. The van der Waals surface area contributed by atoms with Crippen molar-refractivity contribution in [1.82, 2.24) is 0 Å². The van der Waals surface area contributed by atoms with E-state index in [0.717, 1.165) is 27.2 Å². The van der Waals surface area contributed by atoms with Crippen molar-refractivity contribution >= 4 is 38.8 Å². The quantitative estimate of drug-likeness (QED) is 0.202. The number of phenols is 2. The standard InChI is InChI=1S/C24H19NO5S/c26-18-12-9-15(13-19(18)27)6-5-14-7-10-16(11-8-14)25-24(30)22(29)23-21(28)17-3-1-2-4-20(17)31-23/h1-4,7-13,26-28H,5-6H2,(H,25,30). The van der Waals surface area contributed by atoms with Crippen LogP contribution in [0.25, 0.3) is 10.1 Å². The van der Waals surface area contributed by atoms with E-state index in [-0.39, 0.29) is 22.1 Å². The summed E-state index contributed by atoms with van der Waals surface area (Å²) in [6, 6.07) is 18.9.